The third kappa shape index (κ3) is 6.35. The predicted molar refractivity (Wildman–Crippen MR) is 195 cm³/mol. The smallest absolute Gasteiger partial charge is 0.187 e. The van der Waals surface area contributed by atoms with Crippen molar-refractivity contribution < 1.29 is 69.7 Å². The molecule has 2 heterocycles. The lowest BCUT2D eigenvalue weighted by Gasteiger charge is -2.71. The Hall–Kier alpha value is -1.11. The molecule has 0 unspecified atom stereocenters. The summed E-state index contributed by atoms with van der Waals surface area (Å²) in [5.41, 5.74) is -0.535. The molecule has 2 aliphatic heterocycles. The molecule has 6 fully saturated rings. The number of hydrogen-bond acceptors (Lipinski definition) is 14. The fourth-order valence-corrected chi connectivity index (χ4v) is 13.4. The molecule has 0 amide bonds. The number of ketones is 1. The zero-order valence-corrected chi connectivity index (χ0v) is 33.2. The Labute approximate surface area is 323 Å². The van der Waals surface area contributed by atoms with Crippen molar-refractivity contribution in [3.05, 3.63) is 11.6 Å². The third-order valence-electron chi connectivity index (χ3n) is 16.5. The van der Waals surface area contributed by atoms with E-state index in [1.807, 2.05) is 6.92 Å². The monoisotopic (exact) mass is 782 g/mol. The summed E-state index contributed by atoms with van der Waals surface area (Å²) < 4.78 is 24.0. The number of allylic oxidation sites excluding steroid dienone is 2. The van der Waals surface area contributed by atoms with Gasteiger partial charge in [0.15, 0.2) is 12.6 Å². The Bertz CT molecular complexity index is 1470. The van der Waals surface area contributed by atoms with Gasteiger partial charge in [0.2, 0.25) is 0 Å². The Balaban J connectivity index is 1.18. The highest BCUT2D eigenvalue weighted by molar-refractivity contribution is 5.85. The number of ether oxygens (including phenoxy) is 4. The Kier molecular flexibility index (Phi) is 11.1. The summed E-state index contributed by atoms with van der Waals surface area (Å²) in [5.74, 6) is 0.605. The van der Waals surface area contributed by atoms with Gasteiger partial charge in [-0.3, -0.25) is 4.79 Å². The van der Waals surface area contributed by atoms with E-state index in [2.05, 4.69) is 40.7 Å². The van der Waals surface area contributed by atoms with Gasteiger partial charge < -0.3 is 64.9 Å². The number of fused-ring (bicyclic) bond motifs is 7. The lowest BCUT2D eigenvalue weighted by molar-refractivity contribution is -0.384. The quantitative estimate of drug-likeness (QED) is 0.127. The zero-order chi connectivity index (χ0) is 40.2. The summed E-state index contributed by atoms with van der Waals surface area (Å²) in [6.45, 7) is 11.6. The normalized spacial score (nSPS) is 55.0. The lowest BCUT2D eigenvalue weighted by Crippen LogP contribution is -2.70. The highest BCUT2D eigenvalue weighted by Crippen LogP contribution is 2.74. The molecule has 0 aromatic heterocycles. The summed E-state index contributed by atoms with van der Waals surface area (Å²) in [5, 5.41) is 96.8. The molecule has 55 heavy (non-hydrogen) atoms. The molecular formula is C41H66O14. The average molecular weight is 783 g/mol. The fourth-order valence-electron chi connectivity index (χ4n) is 13.4. The Morgan fingerprint density at radius 3 is 2.00 bits per heavy atom. The van der Waals surface area contributed by atoms with Crippen LogP contribution >= 0.6 is 0 Å². The van der Waals surface area contributed by atoms with Crippen LogP contribution < -0.4 is 0 Å². The van der Waals surface area contributed by atoms with Crippen LogP contribution in [0.25, 0.3) is 0 Å². The van der Waals surface area contributed by atoms with Gasteiger partial charge in [0.25, 0.3) is 0 Å². The zero-order valence-electron chi connectivity index (χ0n) is 33.2. The molecule has 2 saturated heterocycles. The van der Waals surface area contributed by atoms with Gasteiger partial charge in [0.05, 0.1) is 32.0 Å². The summed E-state index contributed by atoms with van der Waals surface area (Å²) >= 11 is 0. The van der Waals surface area contributed by atoms with Crippen LogP contribution in [0.2, 0.25) is 0 Å². The van der Waals surface area contributed by atoms with E-state index < -0.39 is 97.7 Å². The number of aliphatic hydroxyl groups is 9. The van der Waals surface area contributed by atoms with Gasteiger partial charge in [0.1, 0.15) is 54.6 Å². The minimum atomic E-state index is -1.83. The van der Waals surface area contributed by atoms with Gasteiger partial charge in [-0.05, 0) is 78.9 Å². The van der Waals surface area contributed by atoms with Crippen LogP contribution in [0.4, 0.5) is 0 Å². The van der Waals surface area contributed by atoms with E-state index in [0.717, 1.165) is 32.1 Å². The molecule has 9 N–H and O–H groups in total. The molecule has 0 aromatic carbocycles. The number of aliphatic hydroxyl groups excluding tert-OH is 9. The van der Waals surface area contributed by atoms with Crippen molar-refractivity contribution in [2.75, 3.05) is 19.8 Å². The van der Waals surface area contributed by atoms with Gasteiger partial charge in [-0.25, -0.2) is 0 Å². The third-order valence-corrected chi connectivity index (χ3v) is 16.5. The molecule has 20 atom stereocenters. The average Bonchev–Trinajstić information content (AvgIpc) is 3.12. The number of carbonyl (C=O) groups is 1. The van der Waals surface area contributed by atoms with Crippen molar-refractivity contribution >= 4 is 5.78 Å². The summed E-state index contributed by atoms with van der Waals surface area (Å²) in [7, 11) is 0. The highest BCUT2D eigenvalue weighted by Gasteiger charge is 2.70. The van der Waals surface area contributed by atoms with Crippen LogP contribution in [-0.2, 0) is 23.7 Å². The first-order valence-corrected chi connectivity index (χ1v) is 20.5. The molecule has 7 aliphatic rings. The second-order valence-electron chi connectivity index (χ2n) is 20.1. The minimum absolute atomic E-state index is 0.0760. The summed E-state index contributed by atoms with van der Waals surface area (Å²) in [4.78, 5) is 14.0. The van der Waals surface area contributed by atoms with E-state index in [9.17, 15) is 50.8 Å². The minimum Gasteiger partial charge on any atom is -0.396 e. The van der Waals surface area contributed by atoms with Gasteiger partial charge in [-0.1, -0.05) is 53.2 Å². The number of hydrogen-bond donors (Lipinski definition) is 9. The van der Waals surface area contributed by atoms with Gasteiger partial charge in [0, 0.05) is 23.2 Å². The van der Waals surface area contributed by atoms with E-state index in [4.69, 9.17) is 18.9 Å². The number of carbonyl (C=O) groups excluding carboxylic acids is 1. The molecular weight excluding hydrogens is 716 g/mol. The molecule has 4 saturated carbocycles. The molecule has 0 bridgehead atoms. The number of rotatable bonds is 7. The summed E-state index contributed by atoms with van der Waals surface area (Å²) in [6, 6.07) is 0. The van der Waals surface area contributed by atoms with Crippen molar-refractivity contribution in [1.82, 2.24) is 0 Å². The van der Waals surface area contributed by atoms with Crippen LogP contribution in [0.15, 0.2) is 11.6 Å². The second kappa shape index (κ2) is 14.6. The molecule has 14 nitrogen and oxygen atoms in total. The van der Waals surface area contributed by atoms with E-state index in [0.29, 0.717) is 25.0 Å². The van der Waals surface area contributed by atoms with Crippen LogP contribution in [0, 0.1) is 50.7 Å². The molecule has 314 valence electrons. The first-order chi connectivity index (χ1) is 25.7. The maximum atomic E-state index is 14.0. The first-order valence-electron chi connectivity index (χ1n) is 20.5. The summed E-state index contributed by atoms with van der Waals surface area (Å²) in [6.07, 6.45) is -9.98. The van der Waals surface area contributed by atoms with E-state index in [1.54, 1.807) is 0 Å². The predicted octanol–water partition coefficient (Wildman–Crippen LogP) is 0.549. The van der Waals surface area contributed by atoms with E-state index in [-0.39, 0.29) is 46.5 Å². The van der Waals surface area contributed by atoms with Crippen molar-refractivity contribution in [3.63, 3.8) is 0 Å². The van der Waals surface area contributed by atoms with Gasteiger partial charge >= 0.3 is 0 Å². The van der Waals surface area contributed by atoms with E-state index in [1.165, 1.54) is 5.57 Å². The van der Waals surface area contributed by atoms with Crippen molar-refractivity contribution in [2.24, 2.45) is 50.7 Å². The fraction of sp³-hybridized carbons (Fsp3) is 0.927. The van der Waals surface area contributed by atoms with Crippen LogP contribution in [-0.4, -0.2) is 145 Å². The SMILES string of the molecule is CC1(C)CC[C@@H]2C(=O)C[C@]3(C)C(=CC[C@@H]4[C@@]5(C)C[C@H](O)[C@H](O[C@@H]6O[C@H](CO)[C@@H](O)[C@H](O)[C@H]6O[C@@H]6O[C@H](CO)[C@@H](O)[C@H](O)[C@H]6O)[C@@](C)(CO)[C@@H]5CC[C@]43C)[C@@H]2C1. The lowest BCUT2D eigenvalue weighted by atomic mass is 9.34. The second-order valence-corrected chi connectivity index (χ2v) is 20.1. The highest BCUT2D eigenvalue weighted by atomic mass is 16.8. The number of Topliss-reactive ketones (excluding diaryl/α,β-unsaturated/α-hetero) is 1. The molecule has 5 aliphatic carbocycles. The molecule has 0 aromatic rings. The largest absolute Gasteiger partial charge is 0.396 e. The van der Waals surface area contributed by atoms with Crippen molar-refractivity contribution in [1.29, 1.82) is 0 Å². The van der Waals surface area contributed by atoms with Crippen LogP contribution in [0.5, 0.6) is 0 Å². The molecule has 0 radical (unpaired) electrons. The molecule has 14 heteroatoms. The Morgan fingerprint density at radius 1 is 0.727 bits per heavy atom. The first kappa shape index (κ1) is 42.0. The van der Waals surface area contributed by atoms with Crippen molar-refractivity contribution in [3.8, 4) is 0 Å². The maximum absolute atomic E-state index is 14.0. The maximum Gasteiger partial charge on any atom is 0.187 e. The topological polar surface area (TPSA) is 236 Å². The molecule has 0 spiro atoms. The van der Waals surface area contributed by atoms with Gasteiger partial charge in [-0.2, -0.15) is 0 Å². The van der Waals surface area contributed by atoms with Crippen molar-refractivity contribution in [2.45, 2.75) is 167 Å². The van der Waals surface area contributed by atoms with E-state index >= 15 is 0 Å². The van der Waals surface area contributed by atoms with Crippen LogP contribution in [0.1, 0.15) is 92.9 Å². The van der Waals surface area contributed by atoms with Gasteiger partial charge in [-0.15, -0.1) is 0 Å². The Morgan fingerprint density at radius 2 is 1.36 bits per heavy atom. The molecule has 7 rings (SSSR count). The van der Waals surface area contributed by atoms with Crippen LogP contribution in [0.3, 0.4) is 0 Å². The standard InChI is InChI=1S/C41H66O14/c1-37(2)11-9-19-20(13-37)21-7-8-27-38(3)14-23(46)34(39(4,18-44)26(38)10-12-40(27,5)41(21,6)15-22(19)45)55-36-33(31(50)29(48)25(17-43)53-36)54-35-32(51)30(49)28(47)24(16-42)52-35/h7,19-20,23-36,42-44,46-51H,8-18H2,1-6H3/t19-,20+,23-,24+,25+,26+,27+,28+,29+,30-,31-,32+,33+,34-,35-,36-,38-,39-,40+,41+/m0/s1.